The first-order valence-corrected chi connectivity index (χ1v) is 6.24. The van der Waals surface area contributed by atoms with E-state index in [2.05, 4.69) is 15.6 Å². The van der Waals surface area contributed by atoms with Gasteiger partial charge in [0, 0.05) is 18.1 Å². The lowest BCUT2D eigenvalue weighted by Gasteiger charge is -2.14. The molecule has 0 radical (unpaired) electrons. The van der Waals surface area contributed by atoms with Gasteiger partial charge >= 0.3 is 0 Å². The average Bonchev–Trinajstić information content (AvgIpc) is 2.47. The highest BCUT2D eigenvalue weighted by molar-refractivity contribution is 5.81. The summed E-state index contributed by atoms with van der Waals surface area (Å²) in [5.41, 5.74) is 1.98. The van der Waals surface area contributed by atoms with Crippen LogP contribution in [-0.2, 0) is 4.79 Å². The summed E-state index contributed by atoms with van der Waals surface area (Å²) in [6, 6.07) is 13.4. The summed E-state index contributed by atoms with van der Waals surface area (Å²) in [6.45, 7) is 2.22. The number of nitrogens with one attached hydrogen (secondary N) is 2. The number of carbonyl (C=O) groups is 1. The second-order valence-electron chi connectivity index (χ2n) is 4.29. The molecule has 0 saturated carbocycles. The Hall–Kier alpha value is -2.36. The summed E-state index contributed by atoms with van der Waals surface area (Å²) in [6.07, 6.45) is 3.44. The summed E-state index contributed by atoms with van der Waals surface area (Å²) in [5.74, 6) is -0.0341. The summed E-state index contributed by atoms with van der Waals surface area (Å²) in [4.78, 5) is 15.8. The molecule has 0 unspecified atom stereocenters. The van der Waals surface area contributed by atoms with E-state index in [4.69, 9.17) is 0 Å². The van der Waals surface area contributed by atoms with E-state index in [-0.39, 0.29) is 18.5 Å². The van der Waals surface area contributed by atoms with Gasteiger partial charge in [-0.2, -0.15) is 0 Å². The maximum Gasteiger partial charge on any atom is 0.239 e. The Morgan fingerprint density at radius 2 is 1.84 bits per heavy atom. The van der Waals surface area contributed by atoms with Gasteiger partial charge in [0.15, 0.2) is 0 Å². The van der Waals surface area contributed by atoms with E-state index in [1.807, 2.05) is 49.4 Å². The largest absolute Gasteiger partial charge is 0.376 e. The van der Waals surface area contributed by atoms with Crippen LogP contribution in [0.15, 0.2) is 54.9 Å². The van der Waals surface area contributed by atoms with Gasteiger partial charge in [0.05, 0.1) is 12.6 Å². The molecular weight excluding hydrogens is 238 g/mol. The van der Waals surface area contributed by atoms with Gasteiger partial charge in [-0.25, -0.2) is 0 Å². The van der Waals surface area contributed by atoms with Crippen LogP contribution in [0.2, 0.25) is 0 Å². The third kappa shape index (κ3) is 4.10. The molecule has 1 amide bonds. The van der Waals surface area contributed by atoms with Crippen molar-refractivity contribution in [3.8, 4) is 0 Å². The number of hydrogen-bond donors (Lipinski definition) is 2. The second-order valence-corrected chi connectivity index (χ2v) is 4.29. The van der Waals surface area contributed by atoms with Crippen LogP contribution < -0.4 is 10.6 Å². The lowest BCUT2D eigenvalue weighted by Crippen LogP contribution is -2.32. The predicted octanol–water partition coefficient (Wildman–Crippen LogP) is 2.37. The van der Waals surface area contributed by atoms with Crippen molar-refractivity contribution in [3.63, 3.8) is 0 Å². The van der Waals surface area contributed by atoms with Crippen molar-refractivity contribution in [2.75, 3.05) is 11.9 Å². The molecule has 98 valence electrons. The summed E-state index contributed by atoms with van der Waals surface area (Å²) >= 11 is 0. The van der Waals surface area contributed by atoms with E-state index >= 15 is 0 Å². The Kier molecular flexibility index (Phi) is 4.50. The van der Waals surface area contributed by atoms with Crippen molar-refractivity contribution >= 4 is 11.6 Å². The Morgan fingerprint density at radius 1 is 1.16 bits per heavy atom. The molecule has 0 saturated heterocycles. The van der Waals surface area contributed by atoms with Gasteiger partial charge in [-0.3, -0.25) is 9.78 Å². The highest BCUT2D eigenvalue weighted by Gasteiger charge is 2.08. The van der Waals surface area contributed by atoms with Gasteiger partial charge in [-0.1, -0.05) is 18.2 Å². The number of pyridine rings is 1. The number of benzene rings is 1. The fraction of sp³-hybridized carbons (Fsp3) is 0.200. The van der Waals surface area contributed by atoms with Crippen LogP contribution in [0.1, 0.15) is 18.5 Å². The Balaban J connectivity index is 1.82. The van der Waals surface area contributed by atoms with Crippen molar-refractivity contribution < 1.29 is 4.79 Å². The van der Waals surface area contributed by atoms with Gasteiger partial charge < -0.3 is 10.6 Å². The third-order valence-electron chi connectivity index (χ3n) is 2.81. The molecule has 0 bridgehead atoms. The van der Waals surface area contributed by atoms with E-state index in [1.165, 1.54) is 0 Å². The van der Waals surface area contributed by atoms with E-state index in [9.17, 15) is 4.79 Å². The number of amides is 1. The maximum atomic E-state index is 11.8. The Labute approximate surface area is 112 Å². The monoisotopic (exact) mass is 255 g/mol. The lowest BCUT2D eigenvalue weighted by molar-refractivity contribution is -0.120. The van der Waals surface area contributed by atoms with Crippen molar-refractivity contribution in [3.05, 3.63) is 60.4 Å². The van der Waals surface area contributed by atoms with Crippen molar-refractivity contribution in [1.29, 1.82) is 0 Å². The summed E-state index contributed by atoms with van der Waals surface area (Å²) < 4.78 is 0. The first-order valence-electron chi connectivity index (χ1n) is 6.24. The van der Waals surface area contributed by atoms with Gasteiger partial charge in [0.2, 0.25) is 5.91 Å². The van der Waals surface area contributed by atoms with Crippen molar-refractivity contribution in [2.45, 2.75) is 13.0 Å². The minimum atomic E-state index is -0.0341. The minimum absolute atomic E-state index is 0.0203. The highest BCUT2D eigenvalue weighted by atomic mass is 16.1. The fourth-order valence-electron chi connectivity index (χ4n) is 1.77. The van der Waals surface area contributed by atoms with Gasteiger partial charge in [-0.15, -0.1) is 0 Å². The number of aromatic nitrogens is 1. The average molecular weight is 255 g/mol. The van der Waals surface area contributed by atoms with Crippen LogP contribution >= 0.6 is 0 Å². The van der Waals surface area contributed by atoms with E-state index in [0.29, 0.717) is 0 Å². The van der Waals surface area contributed by atoms with Crippen LogP contribution in [0.25, 0.3) is 0 Å². The standard InChI is InChI=1S/C15H17N3O/c1-12(13-7-9-16-10-8-13)18-15(19)11-17-14-5-3-2-4-6-14/h2-10,12,17H,11H2,1H3,(H,18,19)/t12-/m1/s1. The van der Waals surface area contributed by atoms with Crippen LogP contribution in [0.5, 0.6) is 0 Å². The molecule has 0 aliphatic carbocycles. The SMILES string of the molecule is C[C@@H](NC(=O)CNc1ccccc1)c1ccncc1. The molecule has 2 rings (SSSR count). The Bertz CT molecular complexity index is 513. The van der Waals surface area contributed by atoms with Gasteiger partial charge in [0.25, 0.3) is 0 Å². The maximum absolute atomic E-state index is 11.8. The quantitative estimate of drug-likeness (QED) is 0.862. The molecule has 4 nitrogen and oxygen atoms in total. The molecule has 4 heteroatoms. The molecular formula is C15H17N3O. The molecule has 2 N–H and O–H groups in total. The van der Waals surface area contributed by atoms with E-state index < -0.39 is 0 Å². The van der Waals surface area contributed by atoms with Crippen molar-refractivity contribution in [2.24, 2.45) is 0 Å². The molecule has 0 spiro atoms. The van der Waals surface area contributed by atoms with Gasteiger partial charge in [0.1, 0.15) is 0 Å². The zero-order chi connectivity index (χ0) is 13.5. The molecule has 1 atom stereocenters. The normalized spacial score (nSPS) is 11.6. The zero-order valence-corrected chi connectivity index (χ0v) is 10.8. The fourth-order valence-corrected chi connectivity index (χ4v) is 1.77. The first-order chi connectivity index (χ1) is 9.25. The molecule has 1 aromatic heterocycles. The van der Waals surface area contributed by atoms with Crippen LogP contribution in [0.3, 0.4) is 0 Å². The number of rotatable bonds is 5. The molecule has 0 aliphatic rings. The highest BCUT2D eigenvalue weighted by Crippen LogP contribution is 2.10. The van der Waals surface area contributed by atoms with Crippen LogP contribution in [-0.4, -0.2) is 17.4 Å². The molecule has 2 aromatic rings. The van der Waals surface area contributed by atoms with Gasteiger partial charge in [-0.05, 0) is 36.8 Å². The topological polar surface area (TPSA) is 54.0 Å². The molecule has 0 fully saturated rings. The molecule has 1 heterocycles. The molecule has 0 aliphatic heterocycles. The predicted molar refractivity (Wildman–Crippen MR) is 75.7 cm³/mol. The molecule has 1 aromatic carbocycles. The Morgan fingerprint density at radius 3 is 2.53 bits per heavy atom. The second kappa shape index (κ2) is 6.54. The molecule has 19 heavy (non-hydrogen) atoms. The van der Waals surface area contributed by atoms with Crippen molar-refractivity contribution in [1.82, 2.24) is 10.3 Å². The van der Waals surface area contributed by atoms with Crippen LogP contribution in [0, 0.1) is 0 Å². The summed E-state index contributed by atoms with van der Waals surface area (Å²) in [7, 11) is 0. The lowest BCUT2D eigenvalue weighted by atomic mass is 10.1. The number of nitrogens with zero attached hydrogens (tertiary/aromatic N) is 1. The van der Waals surface area contributed by atoms with Crippen LogP contribution in [0.4, 0.5) is 5.69 Å². The third-order valence-corrected chi connectivity index (χ3v) is 2.81. The number of anilines is 1. The zero-order valence-electron chi connectivity index (χ0n) is 10.8. The smallest absolute Gasteiger partial charge is 0.239 e. The minimum Gasteiger partial charge on any atom is -0.376 e. The first kappa shape index (κ1) is 13.1. The number of hydrogen-bond acceptors (Lipinski definition) is 3. The summed E-state index contributed by atoms with van der Waals surface area (Å²) in [5, 5.41) is 6.01. The number of para-hydroxylation sites is 1. The van der Waals surface area contributed by atoms with E-state index in [0.717, 1.165) is 11.3 Å². The number of carbonyl (C=O) groups excluding carboxylic acids is 1. The van der Waals surface area contributed by atoms with E-state index in [1.54, 1.807) is 12.4 Å².